The van der Waals surface area contributed by atoms with Gasteiger partial charge in [0.2, 0.25) is 11.8 Å². The predicted octanol–water partition coefficient (Wildman–Crippen LogP) is 2.74. The minimum Gasteiger partial charge on any atom is -0.488 e. The Bertz CT molecular complexity index is 1080. The Morgan fingerprint density at radius 1 is 0.857 bits per heavy atom. The van der Waals surface area contributed by atoms with Crippen LogP contribution in [0.3, 0.4) is 0 Å². The number of aliphatic carboxylic acids is 2. The van der Waals surface area contributed by atoms with Gasteiger partial charge in [0.15, 0.2) is 0 Å². The number of fused-ring (bicyclic) bond motifs is 1. The molecule has 3 unspecified atom stereocenters. The number of β-amino-alcohol motifs (C(OH)–C–C–N with tert-alkyl or cyclic N) is 1. The Hall–Kier alpha value is -3.25. The minimum atomic E-state index is -1.08. The van der Waals surface area contributed by atoms with E-state index in [1.807, 2.05) is 0 Å². The van der Waals surface area contributed by atoms with Gasteiger partial charge in [-0.05, 0) is 50.7 Å². The Labute approximate surface area is 245 Å². The molecule has 0 radical (unpaired) electrons. The summed E-state index contributed by atoms with van der Waals surface area (Å²) in [5.74, 6) is -2.23. The number of aliphatic hydroxyl groups is 1. The number of benzene rings is 1. The third-order valence-corrected chi connectivity index (χ3v) is 8.58. The maximum Gasteiger partial charge on any atom is 0.303 e. The second kappa shape index (κ2) is 14.8. The van der Waals surface area contributed by atoms with E-state index in [2.05, 4.69) is 9.80 Å². The van der Waals surface area contributed by atoms with Crippen molar-refractivity contribution in [2.45, 2.75) is 76.4 Å². The predicted molar refractivity (Wildman–Crippen MR) is 151 cm³/mol. The number of rotatable bonds is 10. The third kappa shape index (κ3) is 8.41. The molecule has 232 valence electrons. The number of aliphatic hydroxyl groups excluding tert-OH is 1. The van der Waals surface area contributed by atoms with Crippen molar-refractivity contribution < 1.29 is 43.6 Å². The van der Waals surface area contributed by atoms with E-state index in [1.54, 1.807) is 12.1 Å². The van der Waals surface area contributed by atoms with Crippen molar-refractivity contribution in [1.29, 1.82) is 0 Å². The summed E-state index contributed by atoms with van der Waals surface area (Å²) in [6, 6.07) is 4.75. The number of nitrogens with zero attached hydrogens (tertiary/aromatic N) is 3. The Morgan fingerprint density at radius 2 is 1.40 bits per heavy atom. The summed E-state index contributed by atoms with van der Waals surface area (Å²) in [6.45, 7) is 3.31. The van der Waals surface area contributed by atoms with Crippen molar-refractivity contribution in [1.82, 2.24) is 9.80 Å². The van der Waals surface area contributed by atoms with Crippen molar-refractivity contribution >= 4 is 29.4 Å². The van der Waals surface area contributed by atoms with Gasteiger partial charge in [-0.2, -0.15) is 0 Å². The van der Waals surface area contributed by atoms with E-state index in [-0.39, 0.29) is 55.0 Å². The Balaban J connectivity index is 0.000000446. The monoisotopic (exact) mass is 591 g/mol. The first-order valence-electron chi connectivity index (χ1n) is 15.0. The second-order valence-corrected chi connectivity index (χ2v) is 11.6. The molecule has 1 aromatic rings. The van der Waals surface area contributed by atoms with Gasteiger partial charge in [0, 0.05) is 38.8 Å². The highest BCUT2D eigenvalue weighted by Gasteiger charge is 2.48. The molecule has 2 aliphatic carbocycles. The smallest absolute Gasteiger partial charge is 0.303 e. The van der Waals surface area contributed by atoms with Crippen LogP contribution in [0.1, 0.15) is 64.2 Å². The van der Waals surface area contributed by atoms with E-state index in [9.17, 15) is 28.7 Å². The van der Waals surface area contributed by atoms with Crippen molar-refractivity contribution in [3.8, 4) is 5.75 Å². The maximum absolute atomic E-state index is 14.0. The molecule has 3 N–H and O–H groups in total. The van der Waals surface area contributed by atoms with Gasteiger partial charge in [-0.25, -0.2) is 4.39 Å². The van der Waals surface area contributed by atoms with Gasteiger partial charge in [-0.3, -0.25) is 29.0 Å². The van der Waals surface area contributed by atoms with Gasteiger partial charge in [0.05, 0.1) is 49.1 Å². The van der Waals surface area contributed by atoms with E-state index >= 15 is 0 Å². The van der Waals surface area contributed by atoms with Crippen LogP contribution in [-0.4, -0.2) is 100 Å². The maximum atomic E-state index is 14.0. The average Bonchev–Trinajstić information content (AvgIpc) is 3.56. The number of imide groups is 1. The molecule has 4 fully saturated rings. The number of piperazine rings is 1. The molecule has 2 amide bonds. The second-order valence-electron chi connectivity index (χ2n) is 11.6. The lowest BCUT2D eigenvalue weighted by atomic mass is 9.81. The molecule has 42 heavy (non-hydrogen) atoms. The number of carbonyl (C=O) groups is 4. The fourth-order valence-electron chi connectivity index (χ4n) is 6.39. The first-order valence-corrected chi connectivity index (χ1v) is 15.0. The highest BCUT2D eigenvalue weighted by molar-refractivity contribution is 6.05. The number of hydrogen-bond acceptors (Lipinski definition) is 8. The number of carboxylic acid groups (broad SMARTS) is 2. The van der Waals surface area contributed by atoms with Gasteiger partial charge in [-0.15, -0.1) is 0 Å². The summed E-state index contributed by atoms with van der Waals surface area (Å²) in [5.41, 5.74) is 0.794. The summed E-state index contributed by atoms with van der Waals surface area (Å²) in [4.78, 5) is 50.3. The van der Waals surface area contributed by atoms with Crippen molar-refractivity contribution in [3.63, 3.8) is 0 Å². The number of carbonyl (C=O) groups excluding carboxylic acids is 2. The molecule has 4 aliphatic rings. The number of hydrogen-bond donors (Lipinski definition) is 3. The number of carboxylic acids is 2. The van der Waals surface area contributed by atoms with Crippen LogP contribution < -0.4 is 9.64 Å². The Morgan fingerprint density at radius 3 is 1.95 bits per heavy atom. The van der Waals surface area contributed by atoms with Crippen LogP contribution in [0, 0.1) is 17.7 Å². The number of anilines is 1. The van der Waals surface area contributed by atoms with Crippen LogP contribution in [0.15, 0.2) is 18.2 Å². The lowest BCUT2D eigenvalue weighted by Gasteiger charge is -2.38. The van der Waals surface area contributed by atoms with Crippen LogP contribution >= 0.6 is 0 Å². The molecule has 2 saturated heterocycles. The fourth-order valence-corrected chi connectivity index (χ4v) is 6.39. The van der Waals surface area contributed by atoms with Gasteiger partial charge < -0.3 is 25.0 Å². The fraction of sp³-hybridized carbons (Fsp3) is 0.667. The van der Waals surface area contributed by atoms with E-state index in [0.717, 1.165) is 50.0 Å². The van der Waals surface area contributed by atoms with Gasteiger partial charge >= 0.3 is 11.9 Å². The van der Waals surface area contributed by atoms with Crippen molar-refractivity contribution in [2.75, 3.05) is 44.2 Å². The van der Waals surface area contributed by atoms with Crippen LogP contribution in [0.25, 0.3) is 0 Å². The standard InChI is InChI=1S/C26H36FN3O4.C4H6O4/c27-18-9-10-24(34-20-5-1-2-6-20)23(15-18)29-13-11-28(12-14-29)16-19(31)17-30-25(32)21-7-3-4-8-22(21)26(30)33;5-3(6)1-2-4(7)8/h9-10,15,19-22,31H,1-8,11-14,16-17H2;1-2H2,(H,5,6)(H,7,8). The number of halogens is 1. The first kappa shape index (κ1) is 31.7. The normalized spacial score (nSPS) is 23.8. The van der Waals surface area contributed by atoms with Crippen molar-refractivity contribution in [2.24, 2.45) is 11.8 Å². The molecule has 3 atom stereocenters. The summed E-state index contributed by atoms with van der Waals surface area (Å²) in [6.07, 6.45) is 6.88. The van der Waals surface area contributed by atoms with E-state index in [4.69, 9.17) is 14.9 Å². The zero-order valence-corrected chi connectivity index (χ0v) is 24.0. The van der Waals surface area contributed by atoms with Crippen LogP contribution in [0.5, 0.6) is 5.75 Å². The van der Waals surface area contributed by atoms with Gasteiger partial charge in [0.1, 0.15) is 11.6 Å². The molecule has 2 aliphatic heterocycles. The first-order chi connectivity index (χ1) is 20.1. The molecule has 2 saturated carbocycles. The topological polar surface area (TPSA) is 148 Å². The number of ether oxygens (including phenoxy) is 1. The highest BCUT2D eigenvalue weighted by atomic mass is 19.1. The highest BCUT2D eigenvalue weighted by Crippen LogP contribution is 2.38. The summed E-state index contributed by atoms with van der Waals surface area (Å²) in [7, 11) is 0. The molecular weight excluding hydrogens is 549 g/mol. The molecule has 0 aromatic heterocycles. The van der Waals surface area contributed by atoms with E-state index in [1.165, 1.54) is 23.8 Å². The Kier molecular flexibility index (Phi) is 11.1. The zero-order valence-electron chi connectivity index (χ0n) is 24.0. The molecule has 2 heterocycles. The molecule has 11 nitrogen and oxygen atoms in total. The summed E-state index contributed by atoms with van der Waals surface area (Å²) in [5, 5.41) is 26.5. The molecule has 0 spiro atoms. The van der Waals surface area contributed by atoms with Gasteiger partial charge in [-0.1, -0.05) is 12.8 Å². The average molecular weight is 592 g/mol. The lowest BCUT2D eigenvalue weighted by molar-refractivity contribution is -0.143. The zero-order chi connectivity index (χ0) is 30.2. The minimum absolute atomic E-state index is 0.0775. The largest absolute Gasteiger partial charge is 0.488 e. The van der Waals surface area contributed by atoms with E-state index in [0.29, 0.717) is 32.7 Å². The SMILES string of the molecule is O=C(O)CCC(=O)O.O=C1C2CCCCC2C(=O)N1CC(O)CN1CCN(c2cc(F)ccc2OC2CCCC2)CC1. The van der Waals surface area contributed by atoms with Gasteiger partial charge in [0.25, 0.3) is 0 Å². The quantitative estimate of drug-likeness (QED) is 0.347. The summed E-state index contributed by atoms with van der Waals surface area (Å²) < 4.78 is 20.3. The number of amides is 2. The van der Waals surface area contributed by atoms with E-state index < -0.39 is 18.0 Å². The lowest BCUT2D eigenvalue weighted by Crippen LogP contribution is -2.50. The van der Waals surface area contributed by atoms with Crippen LogP contribution in [-0.2, 0) is 19.2 Å². The van der Waals surface area contributed by atoms with Crippen molar-refractivity contribution in [3.05, 3.63) is 24.0 Å². The molecule has 12 heteroatoms. The van der Waals surface area contributed by atoms with Crippen LogP contribution in [0.2, 0.25) is 0 Å². The molecule has 1 aromatic carbocycles. The van der Waals surface area contributed by atoms with Crippen LogP contribution in [0.4, 0.5) is 10.1 Å². The molecular formula is C30H42FN3O8. The molecule has 5 rings (SSSR count). The third-order valence-electron chi connectivity index (χ3n) is 8.58. The molecule has 0 bridgehead atoms. The number of likely N-dealkylation sites (tertiary alicyclic amines) is 1. The summed E-state index contributed by atoms with van der Waals surface area (Å²) >= 11 is 0.